The van der Waals surface area contributed by atoms with Crippen LogP contribution in [0.3, 0.4) is 0 Å². The summed E-state index contributed by atoms with van der Waals surface area (Å²) in [6.45, 7) is 3.74. The minimum atomic E-state index is -0.665. The van der Waals surface area contributed by atoms with Crippen LogP contribution in [-0.4, -0.2) is 38.3 Å². The second kappa shape index (κ2) is 7.14. The minimum Gasteiger partial charge on any atom is -0.493 e. The summed E-state index contributed by atoms with van der Waals surface area (Å²) in [5.74, 6) is 1.16. The van der Waals surface area contributed by atoms with Crippen LogP contribution in [0.25, 0.3) is 0 Å². The quantitative estimate of drug-likeness (QED) is 0.777. The lowest BCUT2D eigenvalue weighted by atomic mass is 9.98. The number of rotatable bonds is 7. The van der Waals surface area contributed by atoms with Crippen molar-refractivity contribution in [2.75, 3.05) is 21.3 Å². The number of benzene rings is 1. The molecule has 0 fully saturated rings. The molecular weight excluding hydrogens is 260 g/mol. The van der Waals surface area contributed by atoms with Crippen LogP contribution >= 0.6 is 0 Å². The van der Waals surface area contributed by atoms with Gasteiger partial charge in [-0.2, -0.15) is 0 Å². The highest BCUT2D eigenvalue weighted by Gasteiger charge is 2.20. The lowest BCUT2D eigenvalue weighted by molar-refractivity contribution is 0.0790. The molecule has 0 aliphatic heterocycles. The predicted molar refractivity (Wildman–Crippen MR) is 75.9 cm³/mol. The number of aliphatic hydroxyl groups excluding tert-OH is 1. The van der Waals surface area contributed by atoms with E-state index in [1.165, 1.54) is 21.3 Å². The molecule has 0 amide bonds. The molecule has 0 aliphatic carbocycles. The van der Waals surface area contributed by atoms with E-state index in [-0.39, 0.29) is 18.1 Å². The lowest BCUT2D eigenvalue weighted by Gasteiger charge is -2.16. The molecule has 1 rings (SSSR count). The fourth-order valence-corrected chi connectivity index (χ4v) is 1.79. The van der Waals surface area contributed by atoms with Gasteiger partial charge in [0.25, 0.3) is 0 Å². The number of ketones is 1. The number of methoxy groups -OCH3 is 3. The van der Waals surface area contributed by atoms with Gasteiger partial charge in [0.15, 0.2) is 17.3 Å². The van der Waals surface area contributed by atoms with Crippen LogP contribution in [0.2, 0.25) is 0 Å². The Balaban J connectivity index is 3.09. The number of Topliss-reactive ketones (excluding diaryl/α,β-unsaturated/α-hetero) is 1. The molecule has 1 unspecified atom stereocenters. The average Bonchev–Trinajstić information content (AvgIpc) is 2.45. The Morgan fingerprint density at radius 1 is 1.10 bits per heavy atom. The van der Waals surface area contributed by atoms with Gasteiger partial charge in [0, 0.05) is 12.0 Å². The third-order valence-corrected chi connectivity index (χ3v) is 3.15. The number of carbonyl (C=O) groups excluding carboxylic acids is 1. The Hall–Kier alpha value is -1.75. The van der Waals surface area contributed by atoms with Gasteiger partial charge in [-0.05, 0) is 18.1 Å². The van der Waals surface area contributed by atoms with Crippen molar-refractivity contribution in [1.82, 2.24) is 0 Å². The number of ether oxygens (including phenoxy) is 3. The van der Waals surface area contributed by atoms with E-state index in [0.29, 0.717) is 22.8 Å². The summed E-state index contributed by atoms with van der Waals surface area (Å²) >= 11 is 0. The highest BCUT2D eigenvalue weighted by molar-refractivity contribution is 5.97. The van der Waals surface area contributed by atoms with E-state index in [1.54, 1.807) is 12.1 Å². The zero-order chi connectivity index (χ0) is 15.3. The summed E-state index contributed by atoms with van der Waals surface area (Å²) in [6, 6.07) is 3.19. The maximum absolute atomic E-state index is 12.2. The summed E-state index contributed by atoms with van der Waals surface area (Å²) in [7, 11) is 4.49. The molecule has 1 atom stereocenters. The SMILES string of the molecule is COc1cc(C(=O)CC(O)C(C)C)cc(OC)c1OC. The van der Waals surface area contributed by atoms with E-state index in [0.717, 1.165) is 0 Å². The number of aliphatic hydroxyl groups is 1. The van der Waals surface area contributed by atoms with E-state index in [1.807, 2.05) is 13.8 Å². The molecule has 0 bridgehead atoms. The second-order valence-electron chi connectivity index (χ2n) is 4.85. The van der Waals surface area contributed by atoms with Crippen LogP contribution in [0, 0.1) is 5.92 Å². The molecule has 0 saturated carbocycles. The van der Waals surface area contributed by atoms with Crippen LogP contribution < -0.4 is 14.2 Å². The lowest BCUT2D eigenvalue weighted by Crippen LogP contribution is -2.19. The van der Waals surface area contributed by atoms with Gasteiger partial charge in [-0.25, -0.2) is 0 Å². The number of hydrogen-bond acceptors (Lipinski definition) is 5. The molecule has 0 aromatic heterocycles. The van der Waals surface area contributed by atoms with Gasteiger partial charge in [0.05, 0.1) is 27.4 Å². The topological polar surface area (TPSA) is 65.0 Å². The summed E-state index contributed by atoms with van der Waals surface area (Å²) in [5.41, 5.74) is 0.430. The summed E-state index contributed by atoms with van der Waals surface area (Å²) in [6.07, 6.45) is -0.599. The van der Waals surface area contributed by atoms with Crippen molar-refractivity contribution in [3.63, 3.8) is 0 Å². The highest BCUT2D eigenvalue weighted by Crippen LogP contribution is 2.38. The third kappa shape index (κ3) is 3.63. The summed E-state index contributed by atoms with van der Waals surface area (Å²) in [4.78, 5) is 12.2. The molecule has 1 aromatic rings. The summed E-state index contributed by atoms with van der Waals surface area (Å²) < 4.78 is 15.6. The van der Waals surface area contributed by atoms with Crippen LogP contribution in [0.15, 0.2) is 12.1 Å². The maximum Gasteiger partial charge on any atom is 0.203 e. The van der Waals surface area contributed by atoms with Crippen LogP contribution in [0.4, 0.5) is 0 Å². The fraction of sp³-hybridized carbons (Fsp3) is 0.533. The van der Waals surface area contributed by atoms with Crippen molar-refractivity contribution in [1.29, 1.82) is 0 Å². The standard InChI is InChI=1S/C15H22O5/c1-9(2)11(16)8-12(17)10-6-13(18-3)15(20-5)14(7-10)19-4/h6-7,9,11,16H,8H2,1-5H3. The van der Waals surface area contributed by atoms with E-state index < -0.39 is 6.10 Å². The first-order valence-electron chi connectivity index (χ1n) is 6.45. The first-order valence-corrected chi connectivity index (χ1v) is 6.45. The molecule has 5 nitrogen and oxygen atoms in total. The van der Waals surface area contributed by atoms with Crippen LogP contribution in [0.1, 0.15) is 30.6 Å². The normalized spacial score (nSPS) is 12.2. The molecule has 0 aliphatic rings. The molecule has 1 aromatic carbocycles. The van der Waals surface area contributed by atoms with Gasteiger partial charge in [-0.3, -0.25) is 4.79 Å². The van der Waals surface area contributed by atoms with Crippen molar-refractivity contribution in [3.05, 3.63) is 17.7 Å². The molecule has 0 heterocycles. The average molecular weight is 282 g/mol. The smallest absolute Gasteiger partial charge is 0.203 e. The van der Waals surface area contributed by atoms with Crippen LogP contribution in [0.5, 0.6) is 17.2 Å². The van der Waals surface area contributed by atoms with Crippen molar-refractivity contribution in [3.8, 4) is 17.2 Å². The minimum absolute atomic E-state index is 0.0287. The monoisotopic (exact) mass is 282 g/mol. The fourth-order valence-electron chi connectivity index (χ4n) is 1.79. The van der Waals surface area contributed by atoms with Gasteiger partial charge in [0.1, 0.15) is 0 Å². The molecule has 0 radical (unpaired) electrons. The predicted octanol–water partition coefficient (Wildman–Crippen LogP) is 2.30. The molecule has 1 N–H and O–H groups in total. The van der Waals surface area contributed by atoms with Crippen LogP contribution in [-0.2, 0) is 0 Å². The number of carbonyl (C=O) groups is 1. The van der Waals surface area contributed by atoms with Crippen molar-refractivity contribution >= 4 is 5.78 Å². The van der Waals surface area contributed by atoms with Crippen molar-refractivity contribution in [2.45, 2.75) is 26.4 Å². The van der Waals surface area contributed by atoms with Crippen molar-refractivity contribution < 1.29 is 24.1 Å². The largest absolute Gasteiger partial charge is 0.493 e. The molecule has 0 saturated heterocycles. The van der Waals surface area contributed by atoms with Gasteiger partial charge in [-0.1, -0.05) is 13.8 Å². The first-order chi connectivity index (χ1) is 9.44. The Morgan fingerprint density at radius 2 is 1.60 bits per heavy atom. The third-order valence-electron chi connectivity index (χ3n) is 3.15. The molecule has 20 heavy (non-hydrogen) atoms. The highest BCUT2D eigenvalue weighted by atomic mass is 16.5. The maximum atomic E-state index is 12.2. The van der Waals surface area contributed by atoms with Gasteiger partial charge >= 0.3 is 0 Å². The summed E-state index contributed by atoms with van der Waals surface area (Å²) in [5, 5.41) is 9.80. The van der Waals surface area contributed by atoms with E-state index in [9.17, 15) is 9.90 Å². The Bertz CT molecular complexity index is 442. The van der Waals surface area contributed by atoms with Gasteiger partial charge < -0.3 is 19.3 Å². The zero-order valence-corrected chi connectivity index (χ0v) is 12.6. The molecule has 112 valence electrons. The number of hydrogen-bond donors (Lipinski definition) is 1. The van der Waals surface area contributed by atoms with E-state index in [4.69, 9.17) is 14.2 Å². The van der Waals surface area contributed by atoms with Gasteiger partial charge in [0.2, 0.25) is 5.75 Å². The Kier molecular flexibility index (Phi) is 5.82. The molecule has 5 heteroatoms. The zero-order valence-electron chi connectivity index (χ0n) is 12.6. The second-order valence-corrected chi connectivity index (χ2v) is 4.85. The van der Waals surface area contributed by atoms with E-state index >= 15 is 0 Å². The molecular formula is C15H22O5. The van der Waals surface area contributed by atoms with E-state index in [2.05, 4.69) is 0 Å². The molecule has 0 spiro atoms. The Labute approximate surface area is 119 Å². The first kappa shape index (κ1) is 16.3. The van der Waals surface area contributed by atoms with Crippen molar-refractivity contribution in [2.24, 2.45) is 5.92 Å². The van der Waals surface area contributed by atoms with Gasteiger partial charge in [-0.15, -0.1) is 0 Å². The Morgan fingerprint density at radius 3 is 1.95 bits per heavy atom.